The molecule has 2 aromatic carbocycles. The Labute approximate surface area is 176 Å². The van der Waals surface area contributed by atoms with E-state index in [1.54, 1.807) is 0 Å². The van der Waals surface area contributed by atoms with Gasteiger partial charge in [0.2, 0.25) is 0 Å². The molecule has 0 bridgehead atoms. The van der Waals surface area contributed by atoms with E-state index < -0.39 is 11.9 Å². The van der Waals surface area contributed by atoms with Crippen LogP contribution in [-0.2, 0) is 25.6 Å². The summed E-state index contributed by atoms with van der Waals surface area (Å²) < 4.78 is 9.21. The highest BCUT2D eigenvalue weighted by Gasteiger charge is 2.20. The van der Waals surface area contributed by atoms with Crippen LogP contribution in [0.2, 0.25) is 0 Å². The Hall–Kier alpha value is -3.32. The summed E-state index contributed by atoms with van der Waals surface area (Å²) in [6, 6.07) is 18.4. The SMILES string of the molecule is COC(=O)C(=CNc1ccc(CN2CCN(c3ccccc3)CC2)cc1)C(=O)OC. The number of esters is 2. The van der Waals surface area contributed by atoms with Gasteiger partial charge in [-0.15, -0.1) is 0 Å². The number of carbonyl (C=O) groups is 2. The van der Waals surface area contributed by atoms with Crippen molar-refractivity contribution in [2.75, 3.05) is 50.6 Å². The van der Waals surface area contributed by atoms with E-state index in [1.165, 1.54) is 31.7 Å². The van der Waals surface area contributed by atoms with Crippen LogP contribution < -0.4 is 10.2 Å². The van der Waals surface area contributed by atoms with E-state index in [0.29, 0.717) is 0 Å². The van der Waals surface area contributed by atoms with Gasteiger partial charge in [-0.2, -0.15) is 0 Å². The molecule has 7 heteroatoms. The predicted molar refractivity (Wildman–Crippen MR) is 116 cm³/mol. The molecule has 1 fully saturated rings. The van der Waals surface area contributed by atoms with Gasteiger partial charge in [0.05, 0.1) is 14.2 Å². The van der Waals surface area contributed by atoms with Crippen LogP contribution in [0.4, 0.5) is 11.4 Å². The van der Waals surface area contributed by atoms with Crippen LogP contribution in [0.3, 0.4) is 0 Å². The number of ether oxygens (including phenoxy) is 2. The van der Waals surface area contributed by atoms with E-state index in [1.807, 2.05) is 30.3 Å². The maximum atomic E-state index is 11.7. The van der Waals surface area contributed by atoms with E-state index in [4.69, 9.17) is 0 Å². The van der Waals surface area contributed by atoms with Crippen LogP contribution in [0, 0.1) is 0 Å². The molecule has 0 unspecified atom stereocenters. The Morgan fingerprint density at radius 2 is 1.50 bits per heavy atom. The number of methoxy groups -OCH3 is 2. The average Bonchev–Trinajstić information content (AvgIpc) is 2.81. The lowest BCUT2D eigenvalue weighted by Gasteiger charge is -2.36. The molecule has 0 atom stereocenters. The van der Waals surface area contributed by atoms with Crippen molar-refractivity contribution < 1.29 is 19.1 Å². The van der Waals surface area contributed by atoms with Gasteiger partial charge in [0.15, 0.2) is 5.57 Å². The first kappa shape index (κ1) is 21.4. The Bertz CT molecular complexity index is 855. The van der Waals surface area contributed by atoms with Gasteiger partial charge >= 0.3 is 11.9 Å². The van der Waals surface area contributed by atoms with Crippen LogP contribution >= 0.6 is 0 Å². The van der Waals surface area contributed by atoms with Gasteiger partial charge in [0.1, 0.15) is 0 Å². The minimum atomic E-state index is -0.749. The molecule has 1 aliphatic heterocycles. The number of piperazine rings is 1. The molecule has 0 radical (unpaired) electrons. The second kappa shape index (κ2) is 10.5. The summed E-state index contributed by atoms with van der Waals surface area (Å²) in [5.74, 6) is -1.50. The first-order chi connectivity index (χ1) is 14.6. The maximum absolute atomic E-state index is 11.7. The fourth-order valence-corrected chi connectivity index (χ4v) is 3.34. The van der Waals surface area contributed by atoms with Crippen LogP contribution in [0.15, 0.2) is 66.4 Å². The van der Waals surface area contributed by atoms with E-state index in [9.17, 15) is 9.59 Å². The summed E-state index contributed by atoms with van der Waals surface area (Å²) in [6.07, 6.45) is 1.30. The number of benzene rings is 2. The summed E-state index contributed by atoms with van der Waals surface area (Å²) in [7, 11) is 2.43. The van der Waals surface area contributed by atoms with Crippen molar-refractivity contribution in [1.29, 1.82) is 0 Å². The van der Waals surface area contributed by atoms with Gasteiger partial charge in [-0.1, -0.05) is 30.3 Å². The Morgan fingerprint density at radius 3 is 2.07 bits per heavy atom. The topological polar surface area (TPSA) is 71.1 Å². The molecule has 1 N–H and O–H groups in total. The molecule has 0 amide bonds. The molecule has 3 rings (SSSR count). The number of nitrogens with one attached hydrogen (secondary N) is 1. The molecule has 0 aliphatic carbocycles. The third-order valence-electron chi connectivity index (χ3n) is 5.05. The minimum absolute atomic E-state index is 0.194. The quantitative estimate of drug-likeness (QED) is 0.326. The first-order valence-electron chi connectivity index (χ1n) is 9.85. The van der Waals surface area contributed by atoms with Gasteiger partial charge in [0, 0.05) is 50.3 Å². The monoisotopic (exact) mass is 409 g/mol. The van der Waals surface area contributed by atoms with Gasteiger partial charge in [0.25, 0.3) is 0 Å². The van der Waals surface area contributed by atoms with Gasteiger partial charge < -0.3 is 19.7 Å². The highest BCUT2D eigenvalue weighted by Crippen LogP contribution is 2.18. The van der Waals surface area contributed by atoms with Gasteiger partial charge in [-0.3, -0.25) is 4.90 Å². The minimum Gasteiger partial charge on any atom is -0.465 e. The molecular formula is C23H27N3O4. The summed E-state index contributed by atoms with van der Waals surface area (Å²) in [4.78, 5) is 28.2. The second-order valence-corrected chi connectivity index (χ2v) is 6.98. The highest BCUT2D eigenvalue weighted by atomic mass is 16.5. The summed E-state index contributed by atoms with van der Waals surface area (Å²) >= 11 is 0. The van der Waals surface area contributed by atoms with Crippen LogP contribution in [0.5, 0.6) is 0 Å². The normalized spacial score (nSPS) is 14.0. The molecule has 30 heavy (non-hydrogen) atoms. The zero-order valence-corrected chi connectivity index (χ0v) is 17.3. The zero-order chi connectivity index (χ0) is 21.3. The fraction of sp³-hybridized carbons (Fsp3) is 0.304. The van der Waals surface area contributed by atoms with Crippen molar-refractivity contribution >= 4 is 23.3 Å². The Kier molecular flexibility index (Phi) is 7.45. The van der Waals surface area contributed by atoms with Gasteiger partial charge in [-0.05, 0) is 29.8 Å². The molecule has 0 spiro atoms. The van der Waals surface area contributed by atoms with Crippen molar-refractivity contribution in [3.05, 3.63) is 71.9 Å². The third-order valence-corrected chi connectivity index (χ3v) is 5.05. The van der Waals surface area contributed by atoms with Crippen molar-refractivity contribution in [2.45, 2.75) is 6.54 Å². The summed E-state index contributed by atoms with van der Waals surface area (Å²) in [5.41, 5.74) is 3.05. The summed E-state index contributed by atoms with van der Waals surface area (Å²) in [5, 5.41) is 2.95. The van der Waals surface area contributed by atoms with Crippen LogP contribution in [-0.4, -0.2) is 57.2 Å². The molecular weight excluding hydrogens is 382 g/mol. The smallest absolute Gasteiger partial charge is 0.346 e. The molecule has 1 saturated heterocycles. The molecule has 0 aromatic heterocycles. The molecule has 1 aliphatic rings. The molecule has 1 heterocycles. The van der Waals surface area contributed by atoms with Crippen molar-refractivity contribution in [1.82, 2.24) is 4.90 Å². The second-order valence-electron chi connectivity index (χ2n) is 6.98. The number of hydrogen-bond acceptors (Lipinski definition) is 7. The van der Waals surface area contributed by atoms with Crippen LogP contribution in [0.25, 0.3) is 0 Å². The fourth-order valence-electron chi connectivity index (χ4n) is 3.34. The summed E-state index contributed by atoms with van der Waals surface area (Å²) in [6.45, 7) is 4.93. The molecule has 158 valence electrons. The standard InChI is InChI=1S/C23H27N3O4/c1-29-22(27)21(23(28)30-2)16-24-19-10-8-18(9-11-19)17-25-12-14-26(15-13-25)20-6-4-3-5-7-20/h3-11,16,24H,12-15,17H2,1-2H3. The number of para-hydroxylation sites is 1. The molecule has 2 aromatic rings. The van der Waals surface area contributed by atoms with Crippen molar-refractivity contribution in [2.24, 2.45) is 0 Å². The number of hydrogen-bond donors (Lipinski definition) is 1. The van der Waals surface area contributed by atoms with Gasteiger partial charge in [-0.25, -0.2) is 9.59 Å². The number of carbonyl (C=O) groups excluding carboxylic acids is 2. The van der Waals surface area contributed by atoms with E-state index >= 15 is 0 Å². The van der Waals surface area contributed by atoms with E-state index in [2.05, 4.69) is 48.9 Å². The van der Waals surface area contributed by atoms with E-state index in [0.717, 1.165) is 38.4 Å². The van der Waals surface area contributed by atoms with Crippen molar-refractivity contribution in [3.63, 3.8) is 0 Å². The molecule has 7 nitrogen and oxygen atoms in total. The van der Waals surface area contributed by atoms with Crippen LogP contribution in [0.1, 0.15) is 5.56 Å². The first-order valence-corrected chi connectivity index (χ1v) is 9.85. The Morgan fingerprint density at radius 1 is 0.900 bits per heavy atom. The number of rotatable bonds is 7. The molecule has 0 saturated carbocycles. The third kappa shape index (κ3) is 5.61. The zero-order valence-electron chi connectivity index (χ0n) is 17.3. The van der Waals surface area contributed by atoms with E-state index in [-0.39, 0.29) is 5.57 Å². The largest absolute Gasteiger partial charge is 0.465 e. The Balaban J connectivity index is 1.53. The number of nitrogens with zero attached hydrogens (tertiary/aromatic N) is 2. The maximum Gasteiger partial charge on any atom is 0.346 e. The van der Waals surface area contributed by atoms with Crippen molar-refractivity contribution in [3.8, 4) is 0 Å². The lowest BCUT2D eigenvalue weighted by molar-refractivity contribution is -0.144. The lowest BCUT2D eigenvalue weighted by atomic mass is 10.1. The number of anilines is 2. The average molecular weight is 409 g/mol. The predicted octanol–water partition coefficient (Wildman–Crippen LogP) is 2.65. The lowest BCUT2D eigenvalue weighted by Crippen LogP contribution is -2.45. The highest BCUT2D eigenvalue weighted by molar-refractivity contribution is 6.14.